The Hall–Kier alpha value is -3.57. The zero-order valence-corrected chi connectivity index (χ0v) is 18.8. The van der Waals surface area contributed by atoms with Crippen molar-refractivity contribution in [3.8, 4) is 11.8 Å². The minimum atomic E-state index is -0.829. The Labute approximate surface area is 196 Å². The van der Waals surface area contributed by atoms with Crippen molar-refractivity contribution in [3.05, 3.63) is 58.1 Å². The third-order valence-electron chi connectivity index (χ3n) is 5.77. The highest BCUT2D eigenvalue weighted by atomic mass is 35.5. The fourth-order valence-corrected chi connectivity index (χ4v) is 4.05. The third-order valence-corrected chi connectivity index (χ3v) is 6.00. The normalized spacial score (nSPS) is 17.5. The van der Waals surface area contributed by atoms with E-state index in [1.807, 2.05) is 6.07 Å². The molecule has 0 bridgehead atoms. The van der Waals surface area contributed by atoms with E-state index in [9.17, 15) is 19.6 Å². The van der Waals surface area contributed by atoms with Crippen LogP contribution in [0.4, 0.5) is 5.69 Å². The van der Waals surface area contributed by atoms with Gasteiger partial charge >= 0.3 is 5.97 Å². The summed E-state index contributed by atoms with van der Waals surface area (Å²) in [4.78, 5) is 36.7. The molecule has 2 amide bonds. The van der Waals surface area contributed by atoms with Crippen LogP contribution in [0.5, 0.6) is 5.75 Å². The smallest absolute Gasteiger partial charge is 0.306 e. The Balaban J connectivity index is 1.68. The molecule has 9 heteroatoms. The number of amides is 2. The standard InChI is InChI=1S/C24H24ClN3O5/c1-33-21-9-2-14(10-17(21)12-26)13-27-23(30)19-11-18(25)7-8-20(19)28-22(29)15-3-5-16(6-4-15)24(31)32/h2,7-11,15-16H,3-6,13H2,1H3,(H,27,30)(H,28,29)(H,31,32)/t15-,16-. The molecule has 172 valence electrons. The summed E-state index contributed by atoms with van der Waals surface area (Å²) >= 11 is 6.08. The third kappa shape index (κ3) is 6.02. The molecule has 3 N–H and O–H groups in total. The number of carboxylic acid groups (broad SMARTS) is 1. The highest BCUT2D eigenvalue weighted by molar-refractivity contribution is 6.31. The van der Waals surface area contributed by atoms with Crippen molar-refractivity contribution in [2.24, 2.45) is 11.8 Å². The van der Waals surface area contributed by atoms with Gasteiger partial charge in [0.1, 0.15) is 11.8 Å². The second kappa shape index (κ2) is 10.8. The summed E-state index contributed by atoms with van der Waals surface area (Å²) in [5, 5.41) is 24.3. The lowest BCUT2D eigenvalue weighted by molar-refractivity contribution is -0.143. The molecule has 0 aliphatic heterocycles. The van der Waals surface area contributed by atoms with Crippen LogP contribution in [0, 0.1) is 23.2 Å². The molecule has 0 atom stereocenters. The van der Waals surface area contributed by atoms with Gasteiger partial charge in [0.2, 0.25) is 5.91 Å². The molecular weight excluding hydrogens is 446 g/mol. The summed E-state index contributed by atoms with van der Waals surface area (Å²) in [6, 6.07) is 11.7. The van der Waals surface area contributed by atoms with Gasteiger partial charge in [-0.2, -0.15) is 5.26 Å². The topological polar surface area (TPSA) is 129 Å². The molecule has 0 saturated heterocycles. The Kier molecular flexibility index (Phi) is 7.91. The number of halogens is 1. The van der Waals surface area contributed by atoms with Crippen molar-refractivity contribution >= 4 is 35.1 Å². The number of benzene rings is 2. The highest BCUT2D eigenvalue weighted by Gasteiger charge is 2.30. The number of hydrogen-bond donors (Lipinski definition) is 3. The van der Waals surface area contributed by atoms with E-state index in [2.05, 4.69) is 10.6 Å². The summed E-state index contributed by atoms with van der Waals surface area (Å²) in [6.45, 7) is 0.163. The summed E-state index contributed by atoms with van der Waals surface area (Å²) in [5.41, 5.74) is 1.61. The van der Waals surface area contributed by atoms with Crippen LogP contribution in [0.2, 0.25) is 5.02 Å². The summed E-state index contributed by atoms with van der Waals surface area (Å²) < 4.78 is 5.13. The molecule has 8 nitrogen and oxygen atoms in total. The molecule has 0 heterocycles. The number of hydrogen-bond acceptors (Lipinski definition) is 5. The minimum Gasteiger partial charge on any atom is -0.495 e. The maximum atomic E-state index is 12.9. The van der Waals surface area contributed by atoms with E-state index in [0.717, 1.165) is 0 Å². The predicted octanol–water partition coefficient (Wildman–Crippen LogP) is 3.98. The number of nitrogens with one attached hydrogen (secondary N) is 2. The number of nitrogens with zero attached hydrogens (tertiary/aromatic N) is 1. The van der Waals surface area contributed by atoms with Crippen molar-refractivity contribution in [2.45, 2.75) is 32.2 Å². The summed E-state index contributed by atoms with van der Waals surface area (Å²) in [5.74, 6) is -1.78. The second-order valence-corrected chi connectivity index (χ2v) is 8.33. The average Bonchev–Trinajstić information content (AvgIpc) is 2.83. The molecule has 0 aromatic heterocycles. The lowest BCUT2D eigenvalue weighted by Gasteiger charge is -2.25. The van der Waals surface area contributed by atoms with Crippen LogP contribution in [-0.2, 0) is 16.1 Å². The van der Waals surface area contributed by atoms with E-state index in [1.165, 1.54) is 13.2 Å². The first-order valence-electron chi connectivity index (χ1n) is 10.5. The first-order chi connectivity index (χ1) is 15.8. The predicted molar refractivity (Wildman–Crippen MR) is 122 cm³/mol. The molecule has 1 aliphatic rings. The van der Waals surface area contributed by atoms with Gasteiger partial charge in [-0.1, -0.05) is 17.7 Å². The van der Waals surface area contributed by atoms with Crippen molar-refractivity contribution < 1.29 is 24.2 Å². The highest BCUT2D eigenvalue weighted by Crippen LogP contribution is 2.30. The number of carbonyl (C=O) groups excluding carboxylic acids is 2. The van der Waals surface area contributed by atoms with E-state index >= 15 is 0 Å². The van der Waals surface area contributed by atoms with E-state index in [1.54, 1.807) is 30.3 Å². The van der Waals surface area contributed by atoms with Crippen molar-refractivity contribution in [1.82, 2.24) is 5.32 Å². The molecule has 33 heavy (non-hydrogen) atoms. The Morgan fingerprint density at radius 3 is 2.45 bits per heavy atom. The van der Waals surface area contributed by atoms with Crippen LogP contribution in [0.15, 0.2) is 36.4 Å². The summed E-state index contributed by atoms with van der Waals surface area (Å²) in [7, 11) is 1.48. The van der Waals surface area contributed by atoms with Crippen LogP contribution in [0.25, 0.3) is 0 Å². The molecule has 1 fully saturated rings. The largest absolute Gasteiger partial charge is 0.495 e. The van der Waals surface area contributed by atoms with Crippen LogP contribution in [0.1, 0.15) is 47.2 Å². The number of rotatable bonds is 7. The lowest BCUT2D eigenvalue weighted by atomic mass is 9.81. The van der Waals surface area contributed by atoms with E-state index in [-0.39, 0.29) is 23.9 Å². The first-order valence-corrected chi connectivity index (χ1v) is 10.9. The fraction of sp³-hybridized carbons (Fsp3) is 0.333. The molecule has 2 aromatic carbocycles. The number of ether oxygens (including phenoxy) is 1. The average molecular weight is 470 g/mol. The number of carboxylic acids is 1. The van der Waals surface area contributed by atoms with Gasteiger partial charge in [0.25, 0.3) is 5.91 Å². The fourth-order valence-electron chi connectivity index (χ4n) is 3.88. The second-order valence-electron chi connectivity index (χ2n) is 7.90. The zero-order chi connectivity index (χ0) is 24.0. The Morgan fingerprint density at radius 1 is 1.12 bits per heavy atom. The number of nitriles is 1. The molecule has 0 unspecified atom stereocenters. The van der Waals surface area contributed by atoms with Crippen molar-refractivity contribution in [2.75, 3.05) is 12.4 Å². The Bertz CT molecular complexity index is 1100. The van der Waals surface area contributed by atoms with Crippen LogP contribution < -0.4 is 15.4 Å². The van der Waals surface area contributed by atoms with Gasteiger partial charge in [0.05, 0.1) is 29.8 Å². The molecule has 0 radical (unpaired) electrons. The quantitative estimate of drug-likeness (QED) is 0.562. The van der Waals surface area contributed by atoms with Crippen LogP contribution in [0.3, 0.4) is 0 Å². The van der Waals surface area contributed by atoms with E-state index in [4.69, 9.17) is 21.4 Å². The summed E-state index contributed by atoms with van der Waals surface area (Å²) in [6.07, 6.45) is 1.87. The van der Waals surface area contributed by atoms with Gasteiger partial charge in [-0.25, -0.2) is 0 Å². The van der Waals surface area contributed by atoms with Gasteiger partial charge in [0, 0.05) is 17.5 Å². The van der Waals surface area contributed by atoms with Crippen LogP contribution in [-0.4, -0.2) is 30.0 Å². The van der Waals surface area contributed by atoms with E-state index < -0.39 is 17.8 Å². The van der Waals surface area contributed by atoms with Gasteiger partial charge in [0.15, 0.2) is 0 Å². The monoisotopic (exact) mass is 469 g/mol. The number of aliphatic carboxylic acids is 1. The molecule has 1 saturated carbocycles. The Morgan fingerprint density at radius 2 is 1.82 bits per heavy atom. The van der Waals surface area contributed by atoms with Gasteiger partial charge in [-0.3, -0.25) is 14.4 Å². The molecule has 2 aromatic rings. The van der Waals surface area contributed by atoms with Gasteiger partial charge in [-0.05, 0) is 61.6 Å². The lowest BCUT2D eigenvalue weighted by Crippen LogP contribution is -2.30. The minimum absolute atomic E-state index is 0.163. The zero-order valence-electron chi connectivity index (χ0n) is 18.1. The van der Waals surface area contributed by atoms with E-state index in [0.29, 0.717) is 53.3 Å². The SMILES string of the molecule is COc1ccc(CNC(=O)c2cc(Cl)ccc2NC(=O)[C@H]2CC[C@H](C(=O)O)CC2)cc1C#N. The first kappa shape index (κ1) is 24.1. The molecule has 1 aliphatic carbocycles. The van der Waals surface area contributed by atoms with Crippen molar-refractivity contribution in [3.63, 3.8) is 0 Å². The van der Waals surface area contributed by atoms with Gasteiger partial charge in [-0.15, -0.1) is 0 Å². The maximum Gasteiger partial charge on any atom is 0.306 e. The van der Waals surface area contributed by atoms with Crippen molar-refractivity contribution in [1.29, 1.82) is 5.26 Å². The van der Waals surface area contributed by atoms with Gasteiger partial charge < -0.3 is 20.5 Å². The van der Waals surface area contributed by atoms with Crippen LogP contribution >= 0.6 is 11.6 Å². The molecular formula is C24H24ClN3O5. The number of anilines is 1. The number of carbonyl (C=O) groups is 3. The molecule has 3 rings (SSSR count). The molecule has 0 spiro atoms. The maximum absolute atomic E-state index is 12.9. The number of methoxy groups -OCH3 is 1.